The maximum Gasteiger partial charge on any atom is 0.354 e. The van der Waals surface area contributed by atoms with Crippen LogP contribution in [0.5, 0.6) is 0 Å². The zero-order valence-corrected chi connectivity index (χ0v) is 21.3. The van der Waals surface area contributed by atoms with Gasteiger partial charge in [0, 0.05) is 6.42 Å². The van der Waals surface area contributed by atoms with Crippen LogP contribution in [0.1, 0.15) is 85.9 Å². The normalized spacial score (nSPS) is 12.0. The highest BCUT2D eigenvalue weighted by Crippen LogP contribution is 2.31. The van der Waals surface area contributed by atoms with Crippen molar-refractivity contribution in [2.75, 3.05) is 0 Å². The van der Waals surface area contributed by atoms with Gasteiger partial charge in [-0.2, -0.15) is 0 Å². The van der Waals surface area contributed by atoms with Crippen LogP contribution in [-0.2, 0) is 23.3 Å². The lowest BCUT2D eigenvalue weighted by Gasteiger charge is -2.21. The summed E-state index contributed by atoms with van der Waals surface area (Å²) in [4.78, 5) is 29.8. The molecule has 0 aliphatic heterocycles. The van der Waals surface area contributed by atoms with Crippen LogP contribution in [0.3, 0.4) is 0 Å². The van der Waals surface area contributed by atoms with Crippen molar-refractivity contribution in [3.05, 3.63) is 76.9 Å². The highest BCUT2D eigenvalue weighted by atomic mass is 16.6. The number of carbonyl (C=O) groups is 2. The predicted octanol–water partition coefficient (Wildman–Crippen LogP) is 5.43. The van der Waals surface area contributed by atoms with E-state index in [1.807, 2.05) is 64.1 Å². The van der Waals surface area contributed by atoms with Crippen molar-refractivity contribution in [1.29, 1.82) is 0 Å². The minimum atomic E-state index is -1.41. The fourth-order valence-corrected chi connectivity index (χ4v) is 4.05. The summed E-state index contributed by atoms with van der Waals surface area (Å²) in [6.07, 6.45) is 1.33. The highest BCUT2D eigenvalue weighted by molar-refractivity contribution is 5.98. The first-order valence-electron chi connectivity index (χ1n) is 11.8. The third kappa shape index (κ3) is 5.98. The Labute approximate surface area is 206 Å². The summed E-state index contributed by atoms with van der Waals surface area (Å²) in [6.45, 7) is 10.8. The fraction of sp³-hybridized carbons (Fsp3) is 0.393. The van der Waals surface area contributed by atoms with E-state index in [4.69, 9.17) is 4.74 Å². The molecule has 2 N–H and O–H groups in total. The Hall–Kier alpha value is -3.45. The third-order valence-electron chi connectivity index (χ3n) is 5.48. The highest BCUT2D eigenvalue weighted by Gasteiger charge is 2.32. The van der Waals surface area contributed by atoms with Gasteiger partial charge in [-0.15, -0.1) is 0 Å². The van der Waals surface area contributed by atoms with Crippen LogP contribution >= 0.6 is 0 Å². The first-order valence-corrected chi connectivity index (χ1v) is 11.8. The summed E-state index contributed by atoms with van der Waals surface area (Å²) < 4.78 is 7.29. The molecule has 1 aromatic heterocycles. The van der Waals surface area contributed by atoms with Gasteiger partial charge in [-0.05, 0) is 63.8 Å². The van der Waals surface area contributed by atoms with Crippen LogP contribution < -0.4 is 0 Å². The number of aryl methyl sites for hydroxylation is 1. The first-order chi connectivity index (χ1) is 16.3. The molecule has 0 radical (unpaired) electrons. The second kappa shape index (κ2) is 10.0. The van der Waals surface area contributed by atoms with Gasteiger partial charge in [0.1, 0.15) is 22.7 Å². The zero-order valence-electron chi connectivity index (χ0n) is 21.3. The summed E-state index contributed by atoms with van der Waals surface area (Å²) >= 11 is 0. The lowest BCUT2D eigenvalue weighted by atomic mass is 9.95. The Balaban J connectivity index is 2.16. The number of imidazole rings is 1. The van der Waals surface area contributed by atoms with Gasteiger partial charge in [0.15, 0.2) is 5.69 Å². The van der Waals surface area contributed by atoms with Gasteiger partial charge in [-0.1, -0.05) is 49.4 Å². The number of carbonyl (C=O) groups excluding carboxylic acids is 1. The van der Waals surface area contributed by atoms with E-state index in [1.54, 1.807) is 16.7 Å². The van der Waals surface area contributed by atoms with Crippen molar-refractivity contribution >= 4 is 11.9 Å². The zero-order chi connectivity index (χ0) is 26.0. The molecule has 0 aliphatic carbocycles. The monoisotopic (exact) mass is 478 g/mol. The Bertz CT molecular complexity index is 1230. The standard InChI is InChI=1S/C28H34N2O5/c1-7-12-22-29-24(28(5,6)34)23(25(31)32)30(22)17-18-13-8-9-14-19(18)20-15-10-11-16-21(20)26(33)35-27(2,3)4/h8-11,13-16,34H,7,12,17H2,1-6H3,(H,31,32). The second-order valence-corrected chi connectivity index (χ2v) is 10.1. The lowest BCUT2D eigenvalue weighted by Crippen LogP contribution is -2.24. The maximum atomic E-state index is 13.0. The quantitative estimate of drug-likeness (QED) is 0.419. The van der Waals surface area contributed by atoms with Gasteiger partial charge in [0.25, 0.3) is 0 Å². The molecule has 0 aliphatic rings. The van der Waals surface area contributed by atoms with Crippen LogP contribution in [0.15, 0.2) is 48.5 Å². The number of nitrogens with zero attached hydrogens (tertiary/aromatic N) is 2. The smallest absolute Gasteiger partial charge is 0.354 e. The van der Waals surface area contributed by atoms with E-state index >= 15 is 0 Å². The molecule has 0 spiro atoms. The van der Waals surface area contributed by atoms with Crippen LogP contribution in [0, 0.1) is 0 Å². The van der Waals surface area contributed by atoms with Crippen LogP contribution in [0.4, 0.5) is 0 Å². The number of hydrogen-bond acceptors (Lipinski definition) is 5. The molecule has 0 saturated carbocycles. The maximum absolute atomic E-state index is 13.0. The molecule has 0 unspecified atom stereocenters. The number of carboxylic acid groups (broad SMARTS) is 1. The molecule has 0 amide bonds. The summed E-state index contributed by atoms with van der Waals surface area (Å²) in [7, 11) is 0. The summed E-state index contributed by atoms with van der Waals surface area (Å²) in [5, 5.41) is 20.7. The molecule has 7 heteroatoms. The number of aromatic nitrogens is 2. The van der Waals surface area contributed by atoms with Gasteiger partial charge in [-0.3, -0.25) is 0 Å². The average Bonchev–Trinajstić information content (AvgIpc) is 3.12. The Morgan fingerprint density at radius 3 is 2.14 bits per heavy atom. The SMILES string of the molecule is CCCc1nc(C(C)(C)O)c(C(=O)O)n1Cc1ccccc1-c1ccccc1C(=O)OC(C)(C)C. The van der Waals surface area contributed by atoms with Crippen molar-refractivity contribution in [3.8, 4) is 11.1 Å². The fourth-order valence-electron chi connectivity index (χ4n) is 4.05. The molecule has 2 aromatic carbocycles. The number of rotatable bonds is 8. The summed E-state index contributed by atoms with van der Waals surface area (Å²) in [5.74, 6) is -0.978. The Morgan fingerprint density at radius 2 is 1.57 bits per heavy atom. The number of benzene rings is 2. The topological polar surface area (TPSA) is 102 Å². The molecule has 3 aromatic rings. The molecule has 0 fully saturated rings. The molecule has 35 heavy (non-hydrogen) atoms. The first kappa shape index (κ1) is 26.2. The number of esters is 1. The van der Waals surface area contributed by atoms with Crippen molar-refractivity contribution in [3.63, 3.8) is 0 Å². The Morgan fingerprint density at radius 1 is 0.971 bits per heavy atom. The van der Waals surface area contributed by atoms with Gasteiger partial charge in [0.05, 0.1) is 12.1 Å². The number of aliphatic hydroxyl groups is 1. The van der Waals surface area contributed by atoms with E-state index in [0.29, 0.717) is 23.4 Å². The molecule has 0 atom stereocenters. The van der Waals surface area contributed by atoms with E-state index in [0.717, 1.165) is 17.5 Å². The van der Waals surface area contributed by atoms with Crippen molar-refractivity contribution in [2.45, 2.75) is 72.1 Å². The molecule has 0 saturated heterocycles. The van der Waals surface area contributed by atoms with E-state index in [2.05, 4.69) is 4.98 Å². The van der Waals surface area contributed by atoms with Crippen LogP contribution in [0.2, 0.25) is 0 Å². The van der Waals surface area contributed by atoms with E-state index in [9.17, 15) is 19.8 Å². The molecule has 186 valence electrons. The molecule has 0 bridgehead atoms. The van der Waals surface area contributed by atoms with Crippen molar-refractivity contribution in [2.24, 2.45) is 0 Å². The van der Waals surface area contributed by atoms with Crippen LogP contribution in [-0.4, -0.2) is 37.3 Å². The van der Waals surface area contributed by atoms with E-state index < -0.39 is 23.1 Å². The minimum absolute atomic E-state index is 0.0313. The Kier molecular flexibility index (Phi) is 7.50. The lowest BCUT2D eigenvalue weighted by molar-refractivity contribution is 0.00702. The molecule has 1 heterocycles. The second-order valence-electron chi connectivity index (χ2n) is 10.1. The number of carboxylic acids is 1. The number of ether oxygens (including phenoxy) is 1. The van der Waals surface area contributed by atoms with Crippen molar-refractivity contribution < 1.29 is 24.5 Å². The summed E-state index contributed by atoms with van der Waals surface area (Å²) in [6, 6.07) is 14.8. The van der Waals surface area contributed by atoms with Gasteiger partial charge in [0.2, 0.25) is 0 Å². The molecule has 7 nitrogen and oxygen atoms in total. The van der Waals surface area contributed by atoms with Gasteiger partial charge >= 0.3 is 11.9 Å². The number of aromatic carboxylic acids is 1. The van der Waals surface area contributed by atoms with Gasteiger partial charge in [-0.25, -0.2) is 14.6 Å². The minimum Gasteiger partial charge on any atom is -0.477 e. The average molecular weight is 479 g/mol. The van der Waals surface area contributed by atoms with E-state index in [1.165, 1.54) is 13.8 Å². The molecular formula is C28H34N2O5. The summed E-state index contributed by atoms with van der Waals surface area (Å²) in [5.41, 5.74) is 0.814. The van der Waals surface area contributed by atoms with Crippen molar-refractivity contribution in [1.82, 2.24) is 9.55 Å². The molecular weight excluding hydrogens is 444 g/mol. The van der Waals surface area contributed by atoms with E-state index in [-0.39, 0.29) is 17.9 Å². The number of hydrogen-bond donors (Lipinski definition) is 2. The predicted molar refractivity (Wildman–Crippen MR) is 135 cm³/mol. The molecule has 3 rings (SSSR count). The van der Waals surface area contributed by atoms with Crippen LogP contribution in [0.25, 0.3) is 11.1 Å². The largest absolute Gasteiger partial charge is 0.477 e. The third-order valence-corrected chi connectivity index (χ3v) is 5.48. The van der Waals surface area contributed by atoms with Gasteiger partial charge < -0.3 is 19.5 Å².